The quantitative estimate of drug-likeness (QED) is 0.813. The van der Waals surface area contributed by atoms with Gasteiger partial charge in [0.05, 0.1) is 11.4 Å². The van der Waals surface area contributed by atoms with E-state index in [2.05, 4.69) is 5.32 Å². The van der Waals surface area contributed by atoms with Crippen LogP contribution in [0.25, 0.3) is 0 Å². The molecule has 1 saturated heterocycles. The molecule has 7 heteroatoms. The highest BCUT2D eigenvalue weighted by atomic mass is 35.5. The van der Waals surface area contributed by atoms with Crippen LogP contribution in [0.4, 0.5) is 0 Å². The first-order valence-electron chi connectivity index (χ1n) is 7.01. The fraction of sp³-hybridized carbons (Fsp3) is 0.846. The number of nitrogens with two attached hydrogens (primary N) is 1. The van der Waals surface area contributed by atoms with Crippen LogP contribution in [0.15, 0.2) is 0 Å². The number of nitrogens with one attached hydrogen (secondary N) is 1. The minimum Gasteiger partial charge on any atom is -0.348 e. The second kappa shape index (κ2) is 7.52. The maximum absolute atomic E-state index is 12.4. The SMILES string of the molecule is CCC(=O)N1CSCC1C(=O)NC1(CN)CCCC1.Cl. The van der Waals surface area contributed by atoms with Crippen molar-refractivity contribution in [2.24, 2.45) is 5.73 Å². The second-order valence-electron chi connectivity index (χ2n) is 5.41. The summed E-state index contributed by atoms with van der Waals surface area (Å²) in [4.78, 5) is 25.9. The summed E-state index contributed by atoms with van der Waals surface area (Å²) in [5, 5.41) is 3.12. The number of amides is 2. The number of carbonyl (C=O) groups is 2. The van der Waals surface area contributed by atoms with Gasteiger partial charge in [0.25, 0.3) is 0 Å². The summed E-state index contributed by atoms with van der Waals surface area (Å²) < 4.78 is 0. The molecular weight excluding hydrogens is 298 g/mol. The zero-order chi connectivity index (χ0) is 13.9. The van der Waals surface area contributed by atoms with E-state index in [4.69, 9.17) is 5.73 Å². The fourth-order valence-corrected chi connectivity index (χ4v) is 4.07. The van der Waals surface area contributed by atoms with Gasteiger partial charge in [-0.25, -0.2) is 0 Å². The Kier molecular flexibility index (Phi) is 6.61. The molecule has 0 aromatic carbocycles. The number of thioether (sulfide) groups is 1. The lowest BCUT2D eigenvalue weighted by Crippen LogP contribution is -2.57. The average Bonchev–Trinajstić information content (AvgIpc) is 3.06. The second-order valence-corrected chi connectivity index (χ2v) is 6.41. The highest BCUT2D eigenvalue weighted by Gasteiger charge is 2.39. The Balaban J connectivity index is 0.00000200. The molecule has 1 aliphatic heterocycles. The summed E-state index contributed by atoms with van der Waals surface area (Å²) in [6, 6.07) is -0.318. The number of hydrogen-bond acceptors (Lipinski definition) is 4. The summed E-state index contributed by atoms with van der Waals surface area (Å²) in [6.07, 6.45) is 4.60. The van der Waals surface area contributed by atoms with Gasteiger partial charge >= 0.3 is 0 Å². The lowest BCUT2D eigenvalue weighted by Gasteiger charge is -2.32. The van der Waals surface area contributed by atoms with Crippen LogP contribution >= 0.6 is 24.2 Å². The van der Waals surface area contributed by atoms with Crippen molar-refractivity contribution in [3.05, 3.63) is 0 Å². The number of hydrogen-bond donors (Lipinski definition) is 2. The molecule has 1 atom stereocenters. The van der Waals surface area contributed by atoms with Gasteiger partial charge in [0.15, 0.2) is 0 Å². The molecule has 0 aromatic rings. The van der Waals surface area contributed by atoms with Crippen LogP contribution in [0.3, 0.4) is 0 Å². The molecule has 2 aliphatic rings. The van der Waals surface area contributed by atoms with Crippen LogP contribution < -0.4 is 11.1 Å². The molecule has 2 rings (SSSR count). The summed E-state index contributed by atoms with van der Waals surface area (Å²) in [6.45, 7) is 2.32. The standard InChI is InChI=1S/C13H23N3O2S.ClH/c1-2-11(17)16-9-19-7-10(16)12(18)15-13(8-14)5-3-4-6-13;/h10H,2-9,14H2,1H3,(H,15,18);1H. The highest BCUT2D eigenvalue weighted by molar-refractivity contribution is 7.99. The van der Waals surface area contributed by atoms with Crippen molar-refractivity contribution in [2.75, 3.05) is 18.2 Å². The van der Waals surface area contributed by atoms with Crippen molar-refractivity contribution in [1.29, 1.82) is 0 Å². The fourth-order valence-electron chi connectivity index (χ4n) is 2.89. The Morgan fingerprint density at radius 3 is 2.60 bits per heavy atom. The lowest BCUT2D eigenvalue weighted by atomic mass is 9.97. The molecule has 0 radical (unpaired) electrons. The van der Waals surface area contributed by atoms with Gasteiger partial charge < -0.3 is 16.0 Å². The van der Waals surface area contributed by atoms with E-state index in [9.17, 15) is 9.59 Å². The van der Waals surface area contributed by atoms with E-state index in [1.165, 1.54) is 0 Å². The van der Waals surface area contributed by atoms with Crippen molar-refractivity contribution in [3.63, 3.8) is 0 Å². The van der Waals surface area contributed by atoms with Crippen LogP contribution in [0.1, 0.15) is 39.0 Å². The van der Waals surface area contributed by atoms with Gasteiger partial charge in [0.1, 0.15) is 6.04 Å². The maximum Gasteiger partial charge on any atom is 0.244 e. The van der Waals surface area contributed by atoms with Crippen LogP contribution in [0, 0.1) is 0 Å². The van der Waals surface area contributed by atoms with E-state index in [-0.39, 0.29) is 35.8 Å². The van der Waals surface area contributed by atoms with E-state index in [1.54, 1.807) is 16.7 Å². The molecule has 2 amide bonds. The molecule has 5 nitrogen and oxygen atoms in total. The molecule has 2 fully saturated rings. The largest absolute Gasteiger partial charge is 0.348 e. The topological polar surface area (TPSA) is 75.4 Å². The summed E-state index contributed by atoms with van der Waals surface area (Å²) in [7, 11) is 0. The summed E-state index contributed by atoms with van der Waals surface area (Å²) in [5.41, 5.74) is 5.61. The van der Waals surface area contributed by atoms with E-state index in [0.29, 0.717) is 24.6 Å². The third-order valence-corrected chi connectivity index (χ3v) is 5.16. The predicted octanol–water partition coefficient (Wildman–Crippen LogP) is 1.11. The van der Waals surface area contributed by atoms with Crippen molar-refractivity contribution >= 4 is 36.0 Å². The Morgan fingerprint density at radius 1 is 1.40 bits per heavy atom. The first-order valence-corrected chi connectivity index (χ1v) is 8.16. The van der Waals surface area contributed by atoms with E-state index < -0.39 is 0 Å². The Morgan fingerprint density at radius 2 is 2.05 bits per heavy atom. The molecule has 0 aromatic heterocycles. The molecule has 1 saturated carbocycles. The number of halogens is 1. The zero-order valence-electron chi connectivity index (χ0n) is 11.9. The van der Waals surface area contributed by atoms with Gasteiger partial charge in [-0.15, -0.1) is 24.2 Å². The van der Waals surface area contributed by atoms with Gasteiger partial charge in [0, 0.05) is 18.7 Å². The smallest absolute Gasteiger partial charge is 0.244 e. The lowest BCUT2D eigenvalue weighted by molar-refractivity contribution is -0.138. The van der Waals surface area contributed by atoms with Crippen LogP contribution in [-0.4, -0.2) is 46.5 Å². The van der Waals surface area contributed by atoms with Crippen LogP contribution in [0.2, 0.25) is 0 Å². The predicted molar refractivity (Wildman–Crippen MR) is 83.9 cm³/mol. The minimum atomic E-state index is -0.318. The zero-order valence-corrected chi connectivity index (χ0v) is 13.5. The molecular formula is C13H24ClN3O2S. The van der Waals surface area contributed by atoms with Crippen LogP contribution in [0.5, 0.6) is 0 Å². The molecule has 1 unspecified atom stereocenters. The highest BCUT2D eigenvalue weighted by Crippen LogP contribution is 2.30. The summed E-state index contributed by atoms with van der Waals surface area (Å²) in [5.74, 6) is 1.34. The van der Waals surface area contributed by atoms with Gasteiger partial charge in [-0.1, -0.05) is 19.8 Å². The number of nitrogens with zero attached hydrogens (tertiary/aromatic N) is 1. The monoisotopic (exact) mass is 321 g/mol. The molecule has 1 aliphatic carbocycles. The van der Waals surface area contributed by atoms with Gasteiger partial charge in [-0.3, -0.25) is 9.59 Å². The van der Waals surface area contributed by atoms with Crippen molar-refractivity contribution in [3.8, 4) is 0 Å². The molecule has 0 bridgehead atoms. The average molecular weight is 322 g/mol. The number of rotatable bonds is 4. The Labute approximate surface area is 130 Å². The van der Waals surface area contributed by atoms with E-state index >= 15 is 0 Å². The van der Waals surface area contributed by atoms with Gasteiger partial charge in [-0.2, -0.15) is 0 Å². The first-order chi connectivity index (χ1) is 9.12. The van der Waals surface area contributed by atoms with Crippen molar-refractivity contribution in [1.82, 2.24) is 10.2 Å². The molecule has 116 valence electrons. The van der Waals surface area contributed by atoms with E-state index in [1.807, 2.05) is 6.92 Å². The van der Waals surface area contributed by atoms with Gasteiger partial charge in [0.2, 0.25) is 11.8 Å². The molecule has 3 N–H and O–H groups in total. The first kappa shape index (κ1) is 17.6. The third-order valence-electron chi connectivity index (χ3n) is 4.15. The normalized spacial score (nSPS) is 24.3. The van der Waals surface area contributed by atoms with E-state index in [0.717, 1.165) is 25.7 Å². The third kappa shape index (κ3) is 3.59. The molecule has 0 spiro atoms. The summed E-state index contributed by atoms with van der Waals surface area (Å²) >= 11 is 1.64. The van der Waals surface area contributed by atoms with Crippen LogP contribution in [-0.2, 0) is 9.59 Å². The van der Waals surface area contributed by atoms with Gasteiger partial charge in [-0.05, 0) is 12.8 Å². The molecule has 20 heavy (non-hydrogen) atoms. The minimum absolute atomic E-state index is 0. The Hall–Kier alpha value is -0.460. The Bertz CT molecular complexity index is 362. The van der Waals surface area contributed by atoms with Crippen molar-refractivity contribution in [2.45, 2.75) is 50.6 Å². The number of carbonyl (C=O) groups excluding carboxylic acids is 2. The molecule has 1 heterocycles. The van der Waals surface area contributed by atoms with Crippen molar-refractivity contribution < 1.29 is 9.59 Å². The maximum atomic E-state index is 12.4.